The third-order valence-electron chi connectivity index (χ3n) is 3.17. The number of benzene rings is 2. The summed E-state index contributed by atoms with van der Waals surface area (Å²) in [6, 6.07) is 11.7. The Morgan fingerprint density at radius 2 is 1.81 bits per heavy atom. The minimum Gasteiger partial charge on any atom is -0.294 e. The molecule has 0 saturated heterocycles. The normalized spacial score (nSPS) is 12.8. The van der Waals surface area contributed by atoms with Gasteiger partial charge in [0.2, 0.25) is 0 Å². The fourth-order valence-corrected chi connectivity index (χ4v) is 3.34. The van der Waals surface area contributed by atoms with Crippen molar-refractivity contribution >= 4 is 68.4 Å². The van der Waals surface area contributed by atoms with Crippen LogP contribution in [0, 0.1) is 3.57 Å². The molecule has 0 spiro atoms. The topological polar surface area (TPSA) is 17.8 Å². The minimum atomic E-state index is -0.231. The van der Waals surface area contributed by atoms with E-state index in [1.165, 1.54) is 0 Å². The molecule has 3 aromatic rings. The summed E-state index contributed by atoms with van der Waals surface area (Å²) in [7, 11) is 0. The van der Waals surface area contributed by atoms with Gasteiger partial charge in [-0.25, -0.2) is 4.98 Å². The van der Waals surface area contributed by atoms with Crippen molar-refractivity contribution in [2.75, 3.05) is 0 Å². The third-order valence-corrected chi connectivity index (χ3v) is 5.00. The maximum atomic E-state index is 6.31. The summed E-state index contributed by atoms with van der Waals surface area (Å²) < 4.78 is 3.15. The van der Waals surface area contributed by atoms with Gasteiger partial charge >= 0.3 is 0 Å². The van der Waals surface area contributed by atoms with Crippen molar-refractivity contribution in [1.29, 1.82) is 0 Å². The van der Waals surface area contributed by atoms with Gasteiger partial charge in [-0.05, 0) is 53.8 Å². The van der Waals surface area contributed by atoms with Crippen molar-refractivity contribution < 1.29 is 0 Å². The number of rotatable bonds is 2. The smallest absolute Gasteiger partial charge is 0.132 e. The van der Waals surface area contributed by atoms with Gasteiger partial charge in [-0.1, -0.05) is 35.3 Å². The van der Waals surface area contributed by atoms with E-state index in [1.54, 1.807) is 6.07 Å². The molecule has 0 N–H and O–H groups in total. The highest BCUT2D eigenvalue weighted by atomic mass is 127. The Balaban J connectivity index is 2.41. The van der Waals surface area contributed by atoms with Gasteiger partial charge in [0.25, 0.3) is 0 Å². The zero-order valence-electron chi connectivity index (χ0n) is 10.9. The third kappa shape index (κ3) is 2.77. The molecule has 2 nitrogen and oxygen atoms in total. The molecule has 6 heteroatoms. The standard InChI is InChI=1S/C15H10Cl3IN2/c1-8(16)15-20-12-6-9(17)10(18)7-14(12)21(15)13-5-3-2-4-11(13)19/h2-8H,1H3. The van der Waals surface area contributed by atoms with E-state index in [9.17, 15) is 0 Å². The molecule has 108 valence electrons. The molecule has 0 aliphatic heterocycles. The van der Waals surface area contributed by atoms with E-state index >= 15 is 0 Å². The van der Waals surface area contributed by atoms with E-state index in [2.05, 4.69) is 27.6 Å². The van der Waals surface area contributed by atoms with E-state index in [-0.39, 0.29) is 5.38 Å². The van der Waals surface area contributed by atoms with Gasteiger partial charge in [0.05, 0.1) is 32.1 Å². The molecule has 0 aliphatic carbocycles. The van der Waals surface area contributed by atoms with Gasteiger partial charge < -0.3 is 0 Å². The quantitative estimate of drug-likeness (QED) is 0.333. The molecule has 0 bridgehead atoms. The Morgan fingerprint density at radius 1 is 1.14 bits per heavy atom. The van der Waals surface area contributed by atoms with Crippen molar-refractivity contribution in [1.82, 2.24) is 9.55 Å². The van der Waals surface area contributed by atoms with Gasteiger partial charge in [-0.15, -0.1) is 11.6 Å². The number of nitrogens with zero attached hydrogens (tertiary/aromatic N) is 2. The van der Waals surface area contributed by atoms with Gasteiger partial charge in [0.15, 0.2) is 0 Å². The molecule has 1 heterocycles. The average molecular weight is 452 g/mol. The lowest BCUT2D eigenvalue weighted by Crippen LogP contribution is -2.03. The Bertz CT molecular complexity index is 827. The molecule has 0 aliphatic rings. The number of halogens is 4. The van der Waals surface area contributed by atoms with Crippen LogP contribution in [0.3, 0.4) is 0 Å². The van der Waals surface area contributed by atoms with Crippen molar-refractivity contribution in [2.45, 2.75) is 12.3 Å². The first-order valence-corrected chi connectivity index (χ1v) is 8.52. The Labute approximate surface area is 151 Å². The molecule has 1 unspecified atom stereocenters. The van der Waals surface area contributed by atoms with Crippen LogP contribution < -0.4 is 0 Å². The molecule has 21 heavy (non-hydrogen) atoms. The van der Waals surface area contributed by atoms with Crippen molar-refractivity contribution in [2.24, 2.45) is 0 Å². The summed E-state index contributed by atoms with van der Waals surface area (Å²) in [4.78, 5) is 4.62. The molecule has 1 aromatic heterocycles. The highest BCUT2D eigenvalue weighted by Gasteiger charge is 2.19. The van der Waals surface area contributed by atoms with Gasteiger partial charge in [0, 0.05) is 3.57 Å². The number of aromatic nitrogens is 2. The highest BCUT2D eigenvalue weighted by molar-refractivity contribution is 14.1. The van der Waals surface area contributed by atoms with Crippen molar-refractivity contribution in [3.05, 3.63) is 55.8 Å². The first kappa shape index (κ1) is 15.4. The lowest BCUT2D eigenvalue weighted by molar-refractivity contribution is 0.880. The fraction of sp³-hybridized carbons (Fsp3) is 0.133. The van der Waals surface area contributed by atoms with Crippen LogP contribution in [-0.2, 0) is 0 Å². The molecule has 2 aromatic carbocycles. The van der Waals surface area contributed by atoms with Crippen LogP contribution in [0.2, 0.25) is 10.0 Å². The van der Waals surface area contributed by atoms with Crippen LogP contribution in [0.1, 0.15) is 18.1 Å². The molecule has 0 amide bonds. The maximum Gasteiger partial charge on any atom is 0.132 e. The van der Waals surface area contributed by atoms with Crippen LogP contribution in [0.4, 0.5) is 0 Å². The first-order valence-electron chi connectivity index (χ1n) is 6.25. The second kappa shape index (κ2) is 5.95. The summed E-state index contributed by atoms with van der Waals surface area (Å²) in [5.74, 6) is 0.772. The van der Waals surface area contributed by atoms with Crippen molar-refractivity contribution in [3.63, 3.8) is 0 Å². The predicted octanol–water partition coefficient (Wildman–Crippen LogP) is 6.24. The number of imidazole rings is 1. The number of alkyl halides is 1. The maximum absolute atomic E-state index is 6.31. The lowest BCUT2D eigenvalue weighted by atomic mass is 10.2. The SMILES string of the molecule is CC(Cl)c1nc2cc(Cl)c(Cl)cc2n1-c1ccccc1I. The first-order chi connectivity index (χ1) is 9.99. The number of para-hydroxylation sites is 1. The van der Waals surface area contributed by atoms with Crippen molar-refractivity contribution in [3.8, 4) is 5.69 Å². The lowest BCUT2D eigenvalue weighted by Gasteiger charge is -2.12. The summed E-state index contributed by atoms with van der Waals surface area (Å²) in [6.07, 6.45) is 0. The van der Waals surface area contributed by atoms with E-state index in [0.717, 1.165) is 26.1 Å². The van der Waals surface area contributed by atoms with Gasteiger partial charge in [-0.2, -0.15) is 0 Å². The number of hydrogen-bond acceptors (Lipinski definition) is 1. The monoisotopic (exact) mass is 450 g/mol. The van der Waals surface area contributed by atoms with E-state index in [0.29, 0.717) is 10.0 Å². The zero-order chi connectivity index (χ0) is 15.1. The number of hydrogen-bond donors (Lipinski definition) is 0. The highest BCUT2D eigenvalue weighted by Crippen LogP contribution is 2.34. The van der Waals surface area contributed by atoms with Crippen LogP contribution in [-0.4, -0.2) is 9.55 Å². The zero-order valence-corrected chi connectivity index (χ0v) is 15.4. The van der Waals surface area contributed by atoms with E-state index < -0.39 is 0 Å². The summed E-state index contributed by atoms with van der Waals surface area (Å²) in [6.45, 7) is 1.90. The van der Waals surface area contributed by atoms with Gasteiger partial charge in [-0.3, -0.25) is 4.57 Å². The molecule has 0 fully saturated rings. The van der Waals surface area contributed by atoms with Gasteiger partial charge in [0.1, 0.15) is 5.82 Å². The second-order valence-corrected chi connectivity index (χ2v) is 7.26. The van der Waals surface area contributed by atoms with Crippen LogP contribution in [0.25, 0.3) is 16.7 Å². The largest absolute Gasteiger partial charge is 0.294 e. The average Bonchev–Trinajstić information content (AvgIpc) is 2.78. The van der Waals surface area contributed by atoms with Crippen LogP contribution in [0.5, 0.6) is 0 Å². The summed E-state index contributed by atoms with van der Waals surface area (Å²) in [5, 5.41) is 0.765. The molecule has 1 atom stereocenters. The fourth-order valence-electron chi connectivity index (χ4n) is 2.24. The van der Waals surface area contributed by atoms with Crippen LogP contribution >= 0.6 is 57.4 Å². The molecule has 3 rings (SSSR count). The summed E-state index contributed by atoms with van der Waals surface area (Å²) in [5.41, 5.74) is 2.71. The minimum absolute atomic E-state index is 0.231. The predicted molar refractivity (Wildman–Crippen MR) is 98.1 cm³/mol. The summed E-state index contributed by atoms with van der Waals surface area (Å²) >= 11 is 20.9. The van der Waals surface area contributed by atoms with E-state index in [1.807, 2.05) is 41.8 Å². The Hall–Kier alpha value is -0.490. The van der Waals surface area contributed by atoms with E-state index in [4.69, 9.17) is 34.8 Å². The molecular formula is C15H10Cl3IN2. The molecule has 0 radical (unpaired) electrons. The second-order valence-electron chi connectivity index (χ2n) is 4.63. The molecular weight excluding hydrogens is 441 g/mol. The Morgan fingerprint density at radius 3 is 2.48 bits per heavy atom. The molecule has 0 saturated carbocycles. The Kier molecular flexibility index (Phi) is 4.37. The number of fused-ring (bicyclic) bond motifs is 1. The van der Waals surface area contributed by atoms with Crippen LogP contribution in [0.15, 0.2) is 36.4 Å².